The largest absolute Gasteiger partial charge is 0.497 e. The van der Waals surface area contributed by atoms with Gasteiger partial charge in [-0.15, -0.1) is 0 Å². The third-order valence-corrected chi connectivity index (χ3v) is 5.27. The Bertz CT molecular complexity index is 954. The van der Waals surface area contributed by atoms with E-state index in [4.69, 9.17) is 13.9 Å². The van der Waals surface area contributed by atoms with E-state index in [1.54, 1.807) is 31.0 Å². The second-order valence-corrected chi connectivity index (χ2v) is 7.45. The van der Waals surface area contributed by atoms with Gasteiger partial charge in [0.25, 0.3) is 5.91 Å². The van der Waals surface area contributed by atoms with Crippen LogP contribution in [-0.2, 0) is 26.5 Å². The van der Waals surface area contributed by atoms with E-state index in [1.807, 2.05) is 24.3 Å². The van der Waals surface area contributed by atoms with Crippen molar-refractivity contribution < 1.29 is 23.5 Å². The zero-order valence-corrected chi connectivity index (χ0v) is 17.0. The molecular formula is C22H23NO5S. The van der Waals surface area contributed by atoms with Crippen molar-refractivity contribution in [3.8, 4) is 5.75 Å². The molecular weight excluding hydrogens is 390 g/mol. The van der Waals surface area contributed by atoms with Crippen molar-refractivity contribution in [2.45, 2.75) is 12.2 Å². The van der Waals surface area contributed by atoms with Crippen LogP contribution in [0.15, 0.2) is 59.2 Å². The van der Waals surface area contributed by atoms with E-state index in [1.165, 1.54) is 11.8 Å². The van der Waals surface area contributed by atoms with Crippen LogP contribution in [0.1, 0.15) is 11.1 Å². The third-order valence-electron chi connectivity index (χ3n) is 4.24. The van der Waals surface area contributed by atoms with Gasteiger partial charge in [0.1, 0.15) is 11.3 Å². The van der Waals surface area contributed by atoms with Gasteiger partial charge < -0.3 is 19.2 Å². The van der Waals surface area contributed by atoms with E-state index in [9.17, 15) is 9.59 Å². The van der Waals surface area contributed by atoms with Crippen LogP contribution in [0.2, 0.25) is 0 Å². The zero-order valence-electron chi connectivity index (χ0n) is 16.2. The number of hydrogen-bond donors (Lipinski definition) is 1. The number of thioether (sulfide) groups is 1. The Morgan fingerprint density at radius 2 is 1.97 bits per heavy atom. The molecule has 0 aliphatic heterocycles. The van der Waals surface area contributed by atoms with Crippen LogP contribution in [0.5, 0.6) is 5.75 Å². The van der Waals surface area contributed by atoms with Crippen molar-refractivity contribution in [2.75, 3.05) is 26.0 Å². The predicted octanol–water partition coefficient (Wildman–Crippen LogP) is 3.58. The van der Waals surface area contributed by atoms with Crippen molar-refractivity contribution in [2.24, 2.45) is 0 Å². The summed E-state index contributed by atoms with van der Waals surface area (Å²) in [5, 5.41) is 3.58. The number of benzene rings is 2. The minimum Gasteiger partial charge on any atom is -0.497 e. The van der Waals surface area contributed by atoms with E-state index in [2.05, 4.69) is 17.4 Å². The molecule has 0 atom stereocenters. The van der Waals surface area contributed by atoms with Crippen LogP contribution in [-0.4, -0.2) is 37.9 Å². The number of carbonyl (C=O) groups excluding carboxylic acids is 2. The summed E-state index contributed by atoms with van der Waals surface area (Å²) in [6, 6.07) is 15.5. The van der Waals surface area contributed by atoms with Crippen molar-refractivity contribution in [1.82, 2.24) is 5.32 Å². The van der Waals surface area contributed by atoms with Gasteiger partial charge in [0.05, 0.1) is 19.8 Å². The summed E-state index contributed by atoms with van der Waals surface area (Å²) in [7, 11) is 1.58. The highest BCUT2D eigenvalue weighted by Gasteiger charge is 2.13. The van der Waals surface area contributed by atoms with Gasteiger partial charge in [-0.2, -0.15) is 11.8 Å². The van der Waals surface area contributed by atoms with Gasteiger partial charge in [-0.25, -0.2) is 0 Å². The minimum atomic E-state index is -0.475. The third kappa shape index (κ3) is 6.29. The van der Waals surface area contributed by atoms with Crippen LogP contribution in [0.25, 0.3) is 11.0 Å². The summed E-state index contributed by atoms with van der Waals surface area (Å²) < 4.78 is 15.7. The first-order chi connectivity index (χ1) is 14.2. The molecule has 6 nitrogen and oxygen atoms in total. The Morgan fingerprint density at radius 1 is 1.14 bits per heavy atom. The van der Waals surface area contributed by atoms with Crippen LogP contribution in [0, 0.1) is 0 Å². The van der Waals surface area contributed by atoms with Crippen LogP contribution in [0.3, 0.4) is 0 Å². The molecule has 0 fully saturated rings. The minimum absolute atomic E-state index is 0.0412. The van der Waals surface area contributed by atoms with Gasteiger partial charge in [0, 0.05) is 35.1 Å². The maximum atomic E-state index is 12.0. The van der Waals surface area contributed by atoms with Gasteiger partial charge in [0.15, 0.2) is 6.61 Å². The van der Waals surface area contributed by atoms with Gasteiger partial charge in [0.2, 0.25) is 0 Å². The number of esters is 1. The van der Waals surface area contributed by atoms with E-state index in [0.717, 1.165) is 16.9 Å². The molecule has 1 heterocycles. The first-order valence-corrected chi connectivity index (χ1v) is 10.4. The Hall–Kier alpha value is -2.93. The van der Waals surface area contributed by atoms with Gasteiger partial charge in [-0.05, 0) is 17.7 Å². The normalized spacial score (nSPS) is 10.7. The molecule has 0 aliphatic carbocycles. The quantitative estimate of drug-likeness (QED) is 0.404. The maximum Gasteiger partial charge on any atom is 0.310 e. The molecule has 152 valence electrons. The number of nitrogens with one attached hydrogen (secondary N) is 1. The smallest absolute Gasteiger partial charge is 0.310 e. The molecule has 2 aromatic carbocycles. The fraction of sp³-hybridized carbons (Fsp3) is 0.273. The SMILES string of the molecule is COc1ccc2c(CC(=O)OCC(=O)NCCSCc3ccccc3)coc2c1. The van der Waals surface area contributed by atoms with E-state index >= 15 is 0 Å². The molecule has 0 saturated carbocycles. The Kier molecular flexibility index (Phi) is 7.58. The van der Waals surface area contributed by atoms with Crippen molar-refractivity contribution in [1.29, 1.82) is 0 Å². The molecule has 3 rings (SSSR count). The Labute approximate surface area is 173 Å². The monoisotopic (exact) mass is 413 g/mol. The number of hydrogen-bond acceptors (Lipinski definition) is 6. The molecule has 0 aliphatic rings. The predicted molar refractivity (Wildman–Crippen MR) is 113 cm³/mol. The highest BCUT2D eigenvalue weighted by atomic mass is 32.2. The van der Waals surface area contributed by atoms with Gasteiger partial charge in [-0.1, -0.05) is 30.3 Å². The average Bonchev–Trinajstić information content (AvgIpc) is 3.14. The lowest BCUT2D eigenvalue weighted by Gasteiger charge is -2.06. The maximum absolute atomic E-state index is 12.0. The van der Waals surface area contributed by atoms with Crippen LogP contribution < -0.4 is 10.1 Å². The molecule has 1 amide bonds. The lowest BCUT2D eigenvalue weighted by molar-refractivity contribution is -0.147. The molecule has 0 spiro atoms. The first kappa shape index (κ1) is 20.8. The number of ether oxygens (including phenoxy) is 2. The van der Waals surface area contributed by atoms with E-state index in [-0.39, 0.29) is 18.9 Å². The molecule has 7 heteroatoms. The topological polar surface area (TPSA) is 77.8 Å². The lowest BCUT2D eigenvalue weighted by atomic mass is 10.1. The summed E-state index contributed by atoms with van der Waals surface area (Å²) >= 11 is 1.74. The molecule has 0 radical (unpaired) electrons. The standard InChI is InChI=1S/C22H23NO5S/c1-26-18-7-8-19-17(13-27-20(19)12-18)11-22(25)28-14-21(24)23-9-10-29-15-16-5-3-2-4-6-16/h2-8,12-13H,9-11,14-15H2,1H3,(H,23,24). The Morgan fingerprint density at radius 3 is 2.76 bits per heavy atom. The molecule has 0 bridgehead atoms. The van der Waals surface area contributed by atoms with Crippen molar-refractivity contribution in [3.05, 3.63) is 65.9 Å². The lowest BCUT2D eigenvalue weighted by Crippen LogP contribution is -2.30. The molecule has 3 aromatic rings. The van der Waals surface area contributed by atoms with Crippen LogP contribution >= 0.6 is 11.8 Å². The fourth-order valence-corrected chi connectivity index (χ4v) is 3.58. The number of furan rings is 1. The van der Waals surface area contributed by atoms with E-state index < -0.39 is 5.97 Å². The van der Waals surface area contributed by atoms with Gasteiger partial charge >= 0.3 is 5.97 Å². The summed E-state index contributed by atoms with van der Waals surface area (Å²) in [6.07, 6.45) is 1.56. The summed E-state index contributed by atoms with van der Waals surface area (Å²) in [6.45, 7) is 0.244. The van der Waals surface area contributed by atoms with Crippen molar-refractivity contribution in [3.63, 3.8) is 0 Å². The first-order valence-electron chi connectivity index (χ1n) is 9.24. The molecule has 29 heavy (non-hydrogen) atoms. The molecule has 0 saturated heterocycles. The highest BCUT2D eigenvalue weighted by Crippen LogP contribution is 2.26. The Balaban J connectivity index is 1.34. The van der Waals surface area contributed by atoms with Gasteiger partial charge in [-0.3, -0.25) is 9.59 Å². The zero-order chi connectivity index (χ0) is 20.5. The summed E-state index contributed by atoms with van der Waals surface area (Å²) in [5.74, 6) is 1.59. The second-order valence-electron chi connectivity index (χ2n) is 6.35. The fourth-order valence-electron chi connectivity index (χ4n) is 2.76. The summed E-state index contributed by atoms with van der Waals surface area (Å²) in [4.78, 5) is 23.9. The number of amides is 1. The number of fused-ring (bicyclic) bond motifs is 1. The van der Waals surface area contributed by atoms with Crippen molar-refractivity contribution >= 4 is 34.6 Å². The number of methoxy groups -OCH3 is 1. The number of rotatable bonds is 10. The molecule has 1 aromatic heterocycles. The van der Waals surface area contributed by atoms with Crippen LogP contribution in [0.4, 0.5) is 0 Å². The summed E-state index contributed by atoms with van der Waals surface area (Å²) in [5.41, 5.74) is 2.60. The highest BCUT2D eigenvalue weighted by molar-refractivity contribution is 7.98. The molecule has 0 unspecified atom stereocenters. The second kappa shape index (κ2) is 10.6. The average molecular weight is 413 g/mol. The van der Waals surface area contributed by atoms with E-state index in [0.29, 0.717) is 23.4 Å². The number of carbonyl (C=O) groups is 2. The molecule has 1 N–H and O–H groups in total.